The van der Waals surface area contributed by atoms with E-state index in [1.165, 1.54) is 17.2 Å². The standard InChI is InChI=1S/C22H28N6O3S/c1-27(11-12-28-10-8-21(26-28)32(24,29)30)13-14-31-20-15-17(7-9-25-20)19-6-5-16-3-2-4-18(16)22(19)23/h5-10,15H,2-4,11-14,23H2,1H3,(H2,24,29,30). The molecule has 0 aliphatic heterocycles. The van der Waals surface area contributed by atoms with Crippen LogP contribution in [0.25, 0.3) is 11.1 Å². The molecule has 0 fully saturated rings. The Morgan fingerprint density at radius 3 is 2.81 bits per heavy atom. The summed E-state index contributed by atoms with van der Waals surface area (Å²) in [6.45, 7) is 2.36. The molecular formula is C22H28N6O3S. The van der Waals surface area contributed by atoms with E-state index in [0.29, 0.717) is 32.1 Å². The van der Waals surface area contributed by atoms with Gasteiger partial charge in [-0.15, -0.1) is 0 Å². The summed E-state index contributed by atoms with van der Waals surface area (Å²) in [6.07, 6.45) is 6.64. The summed E-state index contributed by atoms with van der Waals surface area (Å²) < 4.78 is 30.0. The average Bonchev–Trinajstić information content (AvgIpc) is 3.43. The summed E-state index contributed by atoms with van der Waals surface area (Å²) in [5.41, 5.74) is 12.0. The molecule has 9 nitrogen and oxygen atoms in total. The first-order valence-corrected chi connectivity index (χ1v) is 12.1. The van der Waals surface area contributed by atoms with Crippen LogP contribution in [0.1, 0.15) is 17.5 Å². The summed E-state index contributed by atoms with van der Waals surface area (Å²) in [7, 11) is -1.81. The predicted octanol–water partition coefficient (Wildman–Crippen LogP) is 1.67. The van der Waals surface area contributed by atoms with Gasteiger partial charge in [-0.1, -0.05) is 12.1 Å². The fourth-order valence-electron chi connectivity index (χ4n) is 3.91. The van der Waals surface area contributed by atoms with Crippen LogP contribution >= 0.6 is 0 Å². The van der Waals surface area contributed by atoms with E-state index >= 15 is 0 Å². The van der Waals surface area contributed by atoms with Crippen LogP contribution in [0.2, 0.25) is 0 Å². The lowest BCUT2D eigenvalue weighted by atomic mass is 9.98. The number of hydrogen-bond acceptors (Lipinski definition) is 7. The maximum absolute atomic E-state index is 11.3. The number of nitrogens with zero attached hydrogens (tertiary/aromatic N) is 4. The number of aryl methyl sites for hydroxylation is 1. The van der Waals surface area contributed by atoms with Gasteiger partial charge in [0.1, 0.15) is 6.61 Å². The summed E-state index contributed by atoms with van der Waals surface area (Å²) >= 11 is 0. The summed E-state index contributed by atoms with van der Waals surface area (Å²) in [4.78, 5) is 6.39. The Morgan fingerprint density at radius 2 is 2.03 bits per heavy atom. The van der Waals surface area contributed by atoms with Gasteiger partial charge in [-0.2, -0.15) is 5.10 Å². The van der Waals surface area contributed by atoms with E-state index in [9.17, 15) is 8.42 Å². The highest BCUT2D eigenvalue weighted by Crippen LogP contribution is 2.35. The van der Waals surface area contributed by atoms with Gasteiger partial charge in [0.05, 0.1) is 6.54 Å². The molecular weight excluding hydrogens is 428 g/mol. The van der Waals surface area contributed by atoms with Crippen molar-refractivity contribution in [2.24, 2.45) is 5.14 Å². The second-order valence-corrected chi connectivity index (χ2v) is 9.52. The van der Waals surface area contributed by atoms with Crippen molar-refractivity contribution in [3.63, 3.8) is 0 Å². The van der Waals surface area contributed by atoms with Crippen molar-refractivity contribution >= 4 is 15.7 Å². The van der Waals surface area contributed by atoms with E-state index in [1.54, 1.807) is 17.1 Å². The van der Waals surface area contributed by atoms with Crippen LogP contribution in [0.5, 0.6) is 5.88 Å². The number of pyridine rings is 1. The van der Waals surface area contributed by atoms with Gasteiger partial charge in [-0.05, 0) is 55.1 Å². The third-order valence-corrected chi connectivity index (χ3v) is 6.52. The molecule has 0 radical (unpaired) electrons. The zero-order valence-corrected chi connectivity index (χ0v) is 18.9. The molecule has 32 heavy (non-hydrogen) atoms. The number of ether oxygens (including phenoxy) is 1. The Kier molecular flexibility index (Phi) is 6.45. The highest BCUT2D eigenvalue weighted by molar-refractivity contribution is 7.89. The van der Waals surface area contributed by atoms with Gasteiger partial charge >= 0.3 is 0 Å². The third kappa shape index (κ3) is 5.09. The molecule has 0 saturated carbocycles. The van der Waals surface area contributed by atoms with Crippen LogP contribution in [0.3, 0.4) is 0 Å². The summed E-state index contributed by atoms with van der Waals surface area (Å²) in [5.74, 6) is 0.556. The van der Waals surface area contributed by atoms with Gasteiger partial charge in [0.25, 0.3) is 10.0 Å². The van der Waals surface area contributed by atoms with Crippen LogP contribution in [0.4, 0.5) is 5.69 Å². The van der Waals surface area contributed by atoms with E-state index in [4.69, 9.17) is 15.6 Å². The molecule has 0 unspecified atom stereocenters. The van der Waals surface area contributed by atoms with E-state index < -0.39 is 10.0 Å². The fourth-order valence-corrected chi connectivity index (χ4v) is 4.38. The summed E-state index contributed by atoms with van der Waals surface area (Å²) in [6, 6.07) is 9.53. The number of sulfonamides is 1. The van der Waals surface area contributed by atoms with Gasteiger partial charge in [-0.3, -0.25) is 4.68 Å². The lowest BCUT2D eigenvalue weighted by Crippen LogP contribution is -2.28. The minimum atomic E-state index is -3.78. The van der Waals surface area contributed by atoms with E-state index in [2.05, 4.69) is 27.1 Å². The first-order valence-electron chi connectivity index (χ1n) is 10.6. The molecule has 1 aromatic carbocycles. The first kappa shape index (κ1) is 22.3. The van der Waals surface area contributed by atoms with Crippen LogP contribution in [-0.4, -0.2) is 54.8 Å². The normalized spacial score (nSPS) is 13.5. The minimum absolute atomic E-state index is 0.126. The number of aromatic nitrogens is 3. The monoisotopic (exact) mass is 456 g/mol. The quantitative estimate of drug-likeness (QED) is 0.469. The number of nitrogens with two attached hydrogens (primary N) is 2. The van der Waals surface area contributed by atoms with Gasteiger partial charge in [0, 0.05) is 42.8 Å². The zero-order valence-electron chi connectivity index (χ0n) is 18.1. The van der Waals surface area contributed by atoms with Crippen LogP contribution in [0.15, 0.2) is 47.8 Å². The van der Waals surface area contributed by atoms with E-state index in [1.807, 2.05) is 19.2 Å². The predicted molar refractivity (Wildman–Crippen MR) is 123 cm³/mol. The molecule has 0 saturated heterocycles. The molecule has 2 aromatic heterocycles. The number of likely N-dealkylation sites (N-methyl/N-ethyl adjacent to an activating group) is 1. The highest BCUT2D eigenvalue weighted by atomic mass is 32.2. The lowest BCUT2D eigenvalue weighted by Gasteiger charge is -2.17. The number of fused-ring (bicyclic) bond motifs is 1. The Bertz CT molecular complexity index is 1210. The van der Waals surface area contributed by atoms with Crippen molar-refractivity contribution in [1.29, 1.82) is 0 Å². The lowest BCUT2D eigenvalue weighted by molar-refractivity contribution is 0.225. The topological polar surface area (TPSA) is 129 Å². The van der Waals surface area contributed by atoms with Crippen molar-refractivity contribution in [2.75, 3.05) is 32.5 Å². The number of hydrogen-bond donors (Lipinski definition) is 2. The Balaban J connectivity index is 1.30. The van der Waals surface area contributed by atoms with Gasteiger partial charge in [-0.25, -0.2) is 18.5 Å². The maximum atomic E-state index is 11.3. The second kappa shape index (κ2) is 9.27. The number of anilines is 1. The number of rotatable bonds is 9. The molecule has 10 heteroatoms. The number of benzene rings is 1. The van der Waals surface area contributed by atoms with Crippen molar-refractivity contribution < 1.29 is 13.2 Å². The van der Waals surface area contributed by atoms with Gasteiger partial charge in [0.2, 0.25) is 5.88 Å². The minimum Gasteiger partial charge on any atom is -0.476 e. The molecule has 1 aliphatic rings. The molecule has 4 N–H and O–H groups in total. The van der Waals surface area contributed by atoms with Gasteiger partial charge in [0.15, 0.2) is 5.03 Å². The van der Waals surface area contributed by atoms with Crippen LogP contribution < -0.4 is 15.6 Å². The highest BCUT2D eigenvalue weighted by Gasteiger charge is 2.17. The molecule has 0 atom stereocenters. The van der Waals surface area contributed by atoms with Gasteiger partial charge < -0.3 is 15.4 Å². The van der Waals surface area contributed by atoms with Crippen molar-refractivity contribution in [1.82, 2.24) is 19.7 Å². The molecule has 1 aliphatic carbocycles. The first-order chi connectivity index (χ1) is 15.3. The third-order valence-electron chi connectivity index (χ3n) is 5.71. The largest absolute Gasteiger partial charge is 0.476 e. The molecule has 3 aromatic rings. The smallest absolute Gasteiger partial charge is 0.257 e. The average molecular weight is 457 g/mol. The Labute approximate surface area is 188 Å². The molecule has 2 heterocycles. The number of primary sulfonamides is 1. The molecule has 0 bridgehead atoms. The van der Waals surface area contributed by atoms with Crippen molar-refractivity contribution in [3.8, 4) is 17.0 Å². The van der Waals surface area contributed by atoms with Crippen LogP contribution in [-0.2, 0) is 29.4 Å². The van der Waals surface area contributed by atoms with Crippen molar-refractivity contribution in [2.45, 2.75) is 30.8 Å². The Morgan fingerprint density at radius 1 is 1.19 bits per heavy atom. The second-order valence-electron chi connectivity index (χ2n) is 8.01. The summed E-state index contributed by atoms with van der Waals surface area (Å²) in [5, 5.41) is 8.93. The van der Waals surface area contributed by atoms with Crippen LogP contribution in [0, 0.1) is 0 Å². The Hall–Kier alpha value is -2.95. The molecule has 0 amide bonds. The number of nitrogen functional groups attached to an aromatic ring is 1. The maximum Gasteiger partial charge on any atom is 0.257 e. The van der Waals surface area contributed by atoms with E-state index in [0.717, 1.165) is 36.1 Å². The SMILES string of the molecule is CN(CCOc1cc(-c2ccc3c(c2N)CCC3)ccn1)CCn1ccc(S(N)(=O)=O)n1. The van der Waals surface area contributed by atoms with E-state index in [-0.39, 0.29) is 5.03 Å². The molecule has 0 spiro atoms. The zero-order chi connectivity index (χ0) is 22.7. The molecule has 4 rings (SSSR count). The molecule has 170 valence electrons. The van der Waals surface area contributed by atoms with Crippen molar-refractivity contribution in [3.05, 3.63) is 53.9 Å². The fraction of sp³-hybridized carbons (Fsp3) is 0.364.